The van der Waals surface area contributed by atoms with E-state index in [9.17, 15) is 13.6 Å². The molecule has 0 amide bonds. The van der Waals surface area contributed by atoms with Gasteiger partial charge in [0.25, 0.3) is 0 Å². The summed E-state index contributed by atoms with van der Waals surface area (Å²) in [7, 11) is 1.49. The van der Waals surface area contributed by atoms with Gasteiger partial charge >= 0.3 is 0 Å². The first-order valence-electron chi connectivity index (χ1n) is 10.2. The fourth-order valence-electron chi connectivity index (χ4n) is 3.56. The first kappa shape index (κ1) is 22.6. The Labute approximate surface area is 199 Å². The fourth-order valence-corrected chi connectivity index (χ4v) is 3.97. The van der Waals surface area contributed by atoms with E-state index < -0.39 is 0 Å². The van der Waals surface area contributed by atoms with Gasteiger partial charge in [0.2, 0.25) is 0 Å². The normalized spacial score (nSPS) is 11.0. The van der Waals surface area contributed by atoms with Crippen LogP contribution in [0.3, 0.4) is 0 Å². The van der Waals surface area contributed by atoms with Crippen LogP contribution >= 0.6 is 15.9 Å². The number of methoxy groups -OCH3 is 1. The van der Waals surface area contributed by atoms with E-state index in [4.69, 9.17) is 4.74 Å². The molecule has 4 aromatic rings. The minimum Gasteiger partial charge on any atom is -0.496 e. The second kappa shape index (κ2) is 9.92. The Morgan fingerprint density at radius 1 is 0.818 bits per heavy atom. The van der Waals surface area contributed by atoms with Crippen molar-refractivity contribution in [3.63, 3.8) is 0 Å². The van der Waals surface area contributed by atoms with Gasteiger partial charge in [0.15, 0.2) is 5.78 Å². The van der Waals surface area contributed by atoms with E-state index in [1.54, 1.807) is 36.4 Å². The molecule has 0 radical (unpaired) electrons. The van der Waals surface area contributed by atoms with E-state index in [2.05, 4.69) is 15.9 Å². The number of ether oxygens (including phenoxy) is 1. The summed E-state index contributed by atoms with van der Waals surface area (Å²) in [6, 6.07) is 23.1. The molecule has 33 heavy (non-hydrogen) atoms. The summed E-state index contributed by atoms with van der Waals surface area (Å²) < 4.78 is 33.5. The number of carbonyl (C=O) groups excluding carboxylic acids is 1. The highest BCUT2D eigenvalue weighted by Crippen LogP contribution is 2.37. The lowest BCUT2D eigenvalue weighted by atomic mass is 9.91. The average molecular weight is 505 g/mol. The second-order valence-electron chi connectivity index (χ2n) is 7.33. The standard InChI is InChI=1S/C28H19BrF2O2/c1-33-27-17-21(18-6-11-22(30)12-7-18)16-24(19-8-13-23(31)14-9-19)28(27)26(32)15-10-20-4-2-3-5-25(20)29/h2-17H,1H3. The molecule has 0 aromatic heterocycles. The summed E-state index contributed by atoms with van der Waals surface area (Å²) in [6.45, 7) is 0. The lowest BCUT2D eigenvalue weighted by Gasteiger charge is -2.15. The van der Waals surface area contributed by atoms with Gasteiger partial charge in [0.05, 0.1) is 12.7 Å². The second-order valence-corrected chi connectivity index (χ2v) is 8.19. The molecular weight excluding hydrogens is 486 g/mol. The number of rotatable bonds is 6. The van der Waals surface area contributed by atoms with Gasteiger partial charge in [-0.25, -0.2) is 8.78 Å². The Morgan fingerprint density at radius 3 is 2.03 bits per heavy atom. The van der Waals surface area contributed by atoms with E-state index in [0.29, 0.717) is 22.4 Å². The summed E-state index contributed by atoms with van der Waals surface area (Å²) >= 11 is 3.48. The maximum absolute atomic E-state index is 13.6. The zero-order valence-corrected chi connectivity index (χ0v) is 19.3. The molecule has 5 heteroatoms. The van der Waals surface area contributed by atoms with Crippen LogP contribution in [0.4, 0.5) is 8.78 Å². The van der Waals surface area contributed by atoms with Crippen molar-refractivity contribution < 1.29 is 18.3 Å². The quantitative estimate of drug-likeness (QED) is 0.196. The van der Waals surface area contributed by atoms with Crippen molar-refractivity contribution in [2.45, 2.75) is 0 Å². The predicted molar refractivity (Wildman–Crippen MR) is 131 cm³/mol. The summed E-state index contributed by atoms with van der Waals surface area (Å²) in [4.78, 5) is 13.4. The largest absolute Gasteiger partial charge is 0.496 e. The summed E-state index contributed by atoms with van der Waals surface area (Å²) in [5, 5.41) is 0. The van der Waals surface area contributed by atoms with Gasteiger partial charge in [0.1, 0.15) is 17.4 Å². The van der Waals surface area contributed by atoms with Crippen LogP contribution in [0.5, 0.6) is 5.75 Å². The minimum atomic E-state index is -0.373. The Balaban J connectivity index is 1.87. The third kappa shape index (κ3) is 5.10. The first-order valence-corrected chi connectivity index (χ1v) is 11.0. The van der Waals surface area contributed by atoms with Crippen LogP contribution in [0.2, 0.25) is 0 Å². The van der Waals surface area contributed by atoms with Gasteiger partial charge in [0, 0.05) is 4.47 Å². The summed E-state index contributed by atoms with van der Waals surface area (Å²) in [5.74, 6) is -0.596. The summed E-state index contributed by atoms with van der Waals surface area (Å²) in [6.07, 6.45) is 3.22. The van der Waals surface area contributed by atoms with Crippen molar-refractivity contribution >= 4 is 27.8 Å². The molecule has 0 aliphatic rings. The number of benzene rings is 4. The smallest absolute Gasteiger partial charge is 0.190 e. The number of hydrogen-bond donors (Lipinski definition) is 0. The molecule has 0 fully saturated rings. The number of hydrogen-bond acceptors (Lipinski definition) is 2. The molecule has 4 rings (SSSR count). The zero-order valence-electron chi connectivity index (χ0n) is 17.7. The van der Waals surface area contributed by atoms with Crippen LogP contribution in [0.25, 0.3) is 28.3 Å². The van der Waals surface area contributed by atoms with E-state index in [1.165, 1.54) is 37.5 Å². The minimum absolute atomic E-state index is 0.257. The van der Waals surface area contributed by atoms with Gasteiger partial charge in [-0.1, -0.05) is 58.4 Å². The Morgan fingerprint density at radius 2 is 1.42 bits per heavy atom. The highest BCUT2D eigenvalue weighted by atomic mass is 79.9. The zero-order chi connectivity index (χ0) is 23.4. The maximum Gasteiger partial charge on any atom is 0.190 e. The van der Waals surface area contributed by atoms with Crippen molar-refractivity contribution in [1.29, 1.82) is 0 Å². The molecule has 4 aromatic carbocycles. The van der Waals surface area contributed by atoms with Crippen LogP contribution in [0.15, 0.2) is 95.5 Å². The summed E-state index contributed by atoms with van der Waals surface area (Å²) in [5.41, 5.74) is 3.99. The first-order chi connectivity index (χ1) is 16.0. The van der Waals surface area contributed by atoms with Gasteiger partial charge in [-0.2, -0.15) is 0 Å². The van der Waals surface area contributed by atoms with E-state index >= 15 is 0 Å². The predicted octanol–water partition coefficient (Wildman–Crippen LogP) is 7.97. The molecular formula is C28H19BrF2O2. The molecule has 0 N–H and O–H groups in total. The Kier molecular flexibility index (Phi) is 6.80. The highest BCUT2D eigenvalue weighted by molar-refractivity contribution is 9.10. The maximum atomic E-state index is 13.6. The van der Waals surface area contributed by atoms with Gasteiger partial charge in [-0.05, 0) is 82.4 Å². The van der Waals surface area contributed by atoms with Crippen LogP contribution in [-0.4, -0.2) is 12.9 Å². The molecule has 0 bridgehead atoms. The van der Waals surface area contributed by atoms with Crippen molar-refractivity contribution in [2.24, 2.45) is 0 Å². The lowest BCUT2D eigenvalue weighted by Crippen LogP contribution is -2.03. The molecule has 0 saturated heterocycles. The molecule has 0 heterocycles. The van der Waals surface area contributed by atoms with E-state index in [-0.39, 0.29) is 17.4 Å². The third-order valence-corrected chi connectivity index (χ3v) is 5.94. The lowest BCUT2D eigenvalue weighted by molar-refractivity contribution is 0.104. The van der Waals surface area contributed by atoms with Gasteiger partial charge in [-0.15, -0.1) is 0 Å². The molecule has 0 atom stereocenters. The Hall–Kier alpha value is -3.57. The molecule has 0 saturated carbocycles. The van der Waals surface area contributed by atoms with Gasteiger partial charge in [-0.3, -0.25) is 4.79 Å². The molecule has 0 spiro atoms. The van der Waals surface area contributed by atoms with Crippen molar-refractivity contribution in [2.75, 3.05) is 7.11 Å². The third-order valence-electron chi connectivity index (χ3n) is 5.22. The van der Waals surface area contributed by atoms with Crippen LogP contribution < -0.4 is 4.74 Å². The number of halogens is 3. The topological polar surface area (TPSA) is 26.3 Å². The molecule has 0 unspecified atom stereocenters. The SMILES string of the molecule is COc1cc(-c2ccc(F)cc2)cc(-c2ccc(F)cc2)c1C(=O)C=Cc1ccccc1Br. The van der Waals surface area contributed by atoms with Crippen molar-refractivity contribution in [3.05, 3.63) is 118 Å². The number of allylic oxidation sites excluding steroid dienone is 1. The van der Waals surface area contributed by atoms with Crippen molar-refractivity contribution in [3.8, 4) is 28.0 Å². The monoisotopic (exact) mass is 504 g/mol. The number of carbonyl (C=O) groups is 1. The van der Waals surface area contributed by atoms with Gasteiger partial charge < -0.3 is 4.74 Å². The molecule has 0 aliphatic carbocycles. The van der Waals surface area contributed by atoms with Crippen LogP contribution in [0.1, 0.15) is 15.9 Å². The van der Waals surface area contributed by atoms with Crippen LogP contribution in [0, 0.1) is 11.6 Å². The molecule has 164 valence electrons. The van der Waals surface area contributed by atoms with Crippen LogP contribution in [-0.2, 0) is 0 Å². The molecule has 0 aliphatic heterocycles. The van der Waals surface area contributed by atoms with E-state index in [0.717, 1.165) is 21.2 Å². The number of ketones is 1. The molecule has 2 nitrogen and oxygen atoms in total. The van der Waals surface area contributed by atoms with E-state index in [1.807, 2.05) is 30.3 Å². The highest BCUT2D eigenvalue weighted by Gasteiger charge is 2.19. The Bertz CT molecular complexity index is 1330. The fraction of sp³-hybridized carbons (Fsp3) is 0.0357. The van der Waals surface area contributed by atoms with Crippen molar-refractivity contribution in [1.82, 2.24) is 0 Å². The average Bonchev–Trinajstić information content (AvgIpc) is 2.83.